The molecule has 0 saturated carbocycles. The number of carbonyl (C=O) groups is 1. The van der Waals surface area contributed by atoms with Crippen molar-refractivity contribution in [1.82, 2.24) is 5.06 Å². The molecule has 0 bridgehead atoms. The largest absolute Gasteiger partial charge is 0.622 e. The second kappa shape index (κ2) is 5.85. The van der Waals surface area contributed by atoms with Crippen LogP contribution in [0.15, 0.2) is 54.6 Å². The van der Waals surface area contributed by atoms with Gasteiger partial charge in [0, 0.05) is 18.1 Å². The minimum Gasteiger partial charge on any atom is -0.622 e. The highest BCUT2D eigenvalue weighted by atomic mass is 16.6. The van der Waals surface area contributed by atoms with Crippen LogP contribution in [-0.2, 0) is 0 Å². The Morgan fingerprint density at radius 1 is 1.17 bits per heavy atom. The van der Waals surface area contributed by atoms with Gasteiger partial charge in [-0.15, -0.1) is 5.06 Å². The molecular weight excluding hydrogens is 304 g/mol. The molecule has 0 radical (unpaired) electrons. The fraction of sp³-hybridized carbons (Fsp3) is 0.263. The Kier molecular flexibility index (Phi) is 3.99. The van der Waals surface area contributed by atoms with Crippen LogP contribution >= 0.6 is 0 Å². The van der Waals surface area contributed by atoms with Crippen molar-refractivity contribution < 1.29 is 14.7 Å². The molecule has 0 aliphatic carbocycles. The highest BCUT2D eigenvalue weighted by molar-refractivity contribution is 6.07. The van der Waals surface area contributed by atoms with Gasteiger partial charge in [-0.1, -0.05) is 48.0 Å². The van der Waals surface area contributed by atoms with Crippen LogP contribution in [0.2, 0.25) is 0 Å². The molecule has 2 aromatic rings. The van der Waals surface area contributed by atoms with Crippen molar-refractivity contribution in [3.63, 3.8) is 0 Å². The molecule has 0 aromatic heterocycles. The highest BCUT2D eigenvalue weighted by Gasteiger charge is 2.58. The first kappa shape index (κ1) is 16.4. The summed E-state index contributed by atoms with van der Waals surface area (Å²) in [5.74, 6) is -0.436. The molecular formula is C19H20N2O3. The lowest BCUT2D eigenvalue weighted by Crippen LogP contribution is -2.54. The topological polar surface area (TPSA) is 66.6 Å². The standard InChI is InChI=1S/C19H20N2O3/c1-13-9-11-15(12-10-13)17-14(2)20(23)19(3,21(17)24)18(22)16-7-5-4-6-8-16/h4-12,14,23H,1-3H3. The Hall–Kier alpha value is -2.50. The summed E-state index contributed by atoms with van der Waals surface area (Å²) >= 11 is 0. The molecule has 2 atom stereocenters. The molecule has 1 heterocycles. The van der Waals surface area contributed by atoms with Crippen LogP contribution in [0, 0.1) is 12.1 Å². The van der Waals surface area contributed by atoms with Gasteiger partial charge in [-0.25, -0.2) is 0 Å². The van der Waals surface area contributed by atoms with Crippen molar-refractivity contribution in [3.8, 4) is 0 Å². The minimum absolute atomic E-state index is 0.379. The van der Waals surface area contributed by atoms with Crippen molar-refractivity contribution in [2.45, 2.75) is 32.5 Å². The summed E-state index contributed by atoms with van der Waals surface area (Å²) in [5.41, 5.74) is 0.848. The maximum atomic E-state index is 13.0. The van der Waals surface area contributed by atoms with E-state index in [1.807, 2.05) is 31.2 Å². The van der Waals surface area contributed by atoms with Gasteiger partial charge in [0.2, 0.25) is 5.71 Å². The normalized spacial score (nSPS) is 24.4. The third-order valence-electron chi connectivity index (χ3n) is 4.64. The lowest BCUT2D eigenvalue weighted by molar-refractivity contribution is -0.561. The van der Waals surface area contributed by atoms with Crippen molar-refractivity contribution >= 4 is 11.5 Å². The number of aryl methyl sites for hydroxylation is 1. The summed E-state index contributed by atoms with van der Waals surface area (Å²) in [6.45, 7) is 5.12. The minimum atomic E-state index is -1.69. The predicted octanol–water partition coefficient (Wildman–Crippen LogP) is 2.99. The molecule has 3 rings (SSSR count). The Morgan fingerprint density at radius 3 is 2.33 bits per heavy atom. The summed E-state index contributed by atoms with van der Waals surface area (Å²) in [6, 6.07) is 15.4. The maximum Gasteiger partial charge on any atom is 0.312 e. The number of hydroxylamine groups is 3. The van der Waals surface area contributed by atoms with Crippen molar-refractivity contribution in [1.29, 1.82) is 0 Å². The van der Waals surface area contributed by atoms with Gasteiger partial charge in [-0.2, -0.15) is 4.74 Å². The first-order chi connectivity index (χ1) is 11.4. The molecule has 0 saturated heterocycles. The molecule has 124 valence electrons. The molecule has 0 amide bonds. The summed E-state index contributed by atoms with van der Waals surface area (Å²) in [4.78, 5) is 12.9. The lowest BCUT2D eigenvalue weighted by atomic mass is 10.00. The van der Waals surface area contributed by atoms with Crippen LogP contribution in [0.4, 0.5) is 0 Å². The van der Waals surface area contributed by atoms with Crippen LogP contribution in [0.25, 0.3) is 0 Å². The fourth-order valence-corrected chi connectivity index (χ4v) is 3.13. The average Bonchev–Trinajstić information content (AvgIpc) is 2.78. The second-order valence-electron chi connectivity index (χ2n) is 6.28. The molecule has 1 aliphatic rings. The monoisotopic (exact) mass is 324 g/mol. The first-order valence-corrected chi connectivity index (χ1v) is 7.86. The molecule has 5 nitrogen and oxygen atoms in total. The van der Waals surface area contributed by atoms with E-state index in [1.165, 1.54) is 6.92 Å². The molecule has 5 heteroatoms. The fourth-order valence-electron chi connectivity index (χ4n) is 3.13. The van der Waals surface area contributed by atoms with E-state index >= 15 is 0 Å². The molecule has 1 N–H and O–H groups in total. The van der Waals surface area contributed by atoms with E-state index in [2.05, 4.69) is 0 Å². The van der Waals surface area contributed by atoms with Gasteiger partial charge >= 0.3 is 5.66 Å². The number of nitrogens with zero attached hydrogens (tertiary/aromatic N) is 2. The van der Waals surface area contributed by atoms with Crippen molar-refractivity contribution in [2.75, 3.05) is 0 Å². The molecule has 1 aliphatic heterocycles. The number of hydrogen-bond acceptors (Lipinski definition) is 4. The zero-order valence-corrected chi connectivity index (χ0v) is 13.9. The van der Waals surface area contributed by atoms with Crippen molar-refractivity contribution in [3.05, 3.63) is 76.5 Å². The van der Waals surface area contributed by atoms with E-state index in [0.717, 1.165) is 10.6 Å². The number of hydrogen-bond donors (Lipinski definition) is 1. The quantitative estimate of drug-likeness (QED) is 0.535. The molecule has 24 heavy (non-hydrogen) atoms. The lowest BCUT2D eigenvalue weighted by Gasteiger charge is -2.27. The van der Waals surface area contributed by atoms with Crippen molar-refractivity contribution in [2.24, 2.45) is 0 Å². The van der Waals surface area contributed by atoms with Gasteiger partial charge < -0.3 is 10.4 Å². The van der Waals surface area contributed by atoms with E-state index in [9.17, 15) is 15.2 Å². The maximum absolute atomic E-state index is 13.0. The third kappa shape index (κ3) is 2.33. The van der Waals surface area contributed by atoms with E-state index in [0.29, 0.717) is 21.6 Å². The van der Waals surface area contributed by atoms with Gasteiger partial charge in [-0.05, 0) is 26.0 Å². The summed E-state index contributed by atoms with van der Waals surface area (Å²) in [7, 11) is 0. The van der Waals surface area contributed by atoms with Crippen LogP contribution in [0.3, 0.4) is 0 Å². The van der Waals surface area contributed by atoms with Gasteiger partial charge in [0.05, 0.1) is 0 Å². The number of ketones is 1. The van der Waals surface area contributed by atoms with Gasteiger partial charge in [0.25, 0.3) is 5.78 Å². The Morgan fingerprint density at radius 2 is 1.75 bits per heavy atom. The van der Waals surface area contributed by atoms with E-state index in [4.69, 9.17) is 0 Å². The van der Waals surface area contributed by atoms with Gasteiger partial charge in [-0.3, -0.25) is 4.79 Å². The van der Waals surface area contributed by atoms with E-state index in [1.54, 1.807) is 37.3 Å². The summed E-state index contributed by atoms with van der Waals surface area (Å²) < 4.78 is 0.637. The average molecular weight is 324 g/mol. The second-order valence-corrected chi connectivity index (χ2v) is 6.28. The van der Waals surface area contributed by atoms with Crippen LogP contribution in [0.5, 0.6) is 0 Å². The Bertz CT molecular complexity index is 799. The molecule has 2 unspecified atom stereocenters. The van der Waals surface area contributed by atoms with E-state index < -0.39 is 17.5 Å². The number of rotatable bonds is 3. The van der Waals surface area contributed by atoms with Gasteiger partial charge in [0.1, 0.15) is 6.04 Å². The number of carbonyl (C=O) groups excluding carboxylic acids is 1. The molecule has 0 fully saturated rings. The number of Topliss-reactive ketones (excluding diaryl/α,β-unsaturated/α-hetero) is 1. The molecule has 2 aromatic carbocycles. The number of benzene rings is 2. The summed E-state index contributed by atoms with van der Waals surface area (Å²) in [5, 5.41) is 24.4. The Labute approximate surface area is 141 Å². The van der Waals surface area contributed by atoms with Crippen LogP contribution in [-0.4, -0.2) is 38.2 Å². The predicted molar refractivity (Wildman–Crippen MR) is 91.2 cm³/mol. The van der Waals surface area contributed by atoms with Crippen LogP contribution < -0.4 is 0 Å². The summed E-state index contributed by atoms with van der Waals surface area (Å²) in [6.07, 6.45) is 0. The molecule has 0 spiro atoms. The highest BCUT2D eigenvalue weighted by Crippen LogP contribution is 2.31. The first-order valence-electron chi connectivity index (χ1n) is 7.86. The SMILES string of the molecule is Cc1ccc(C2=[N+]([O-])C(C)(C(=O)c3ccccc3)N(O)C2C)cc1. The Balaban J connectivity index is 2.11. The zero-order chi connectivity index (χ0) is 17.5. The third-order valence-corrected chi connectivity index (χ3v) is 4.64. The van der Waals surface area contributed by atoms with E-state index in [-0.39, 0.29) is 0 Å². The smallest absolute Gasteiger partial charge is 0.312 e. The zero-order valence-electron chi connectivity index (χ0n) is 13.9. The van der Waals surface area contributed by atoms with Crippen LogP contribution in [0.1, 0.15) is 35.3 Å². The van der Waals surface area contributed by atoms with Gasteiger partial charge in [0.15, 0.2) is 0 Å².